The highest BCUT2D eigenvalue weighted by atomic mass is 16.5. The van der Waals surface area contributed by atoms with E-state index in [-0.39, 0.29) is 18.1 Å². The van der Waals surface area contributed by atoms with Crippen molar-refractivity contribution in [2.75, 3.05) is 12.4 Å². The highest BCUT2D eigenvalue weighted by Gasteiger charge is 2.10. The van der Waals surface area contributed by atoms with Gasteiger partial charge in [0.25, 0.3) is 5.56 Å². The monoisotopic (exact) mass is 365 g/mol. The van der Waals surface area contributed by atoms with Crippen LogP contribution in [-0.2, 0) is 11.3 Å². The zero-order chi connectivity index (χ0) is 19.4. The summed E-state index contributed by atoms with van der Waals surface area (Å²) in [7, 11) is 1.58. The van der Waals surface area contributed by atoms with Crippen LogP contribution in [0.5, 0.6) is 5.75 Å². The molecule has 1 aromatic carbocycles. The number of hydrogen-bond donors (Lipinski definition) is 1. The van der Waals surface area contributed by atoms with E-state index in [4.69, 9.17) is 4.74 Å². The summed E-state index contributed by atoms with van der Waals surface area (Å²) in [5.74, 6) is 0.448. The van der Waals surface area contributed by atoms with Gasteiger partial charge in [-0.3, -0.25) is 14.9 Å². The van der Waals surface area contributed by atoms with Crippen molar-refractivity contribution in [1.82, 2.24) is 19.7 Å². The minimum atomic E-state index is -0.433. The number of aryl methyl sites for hydroxylation is 2. The van der Waals surface area contributed by atoms with Gasteiger partial charge >= 0.3 is 0 Å². The maximum Gasteiger partial charge on any atom is 0.267 e. The van der Waals surface area contributed by atoms with E-state index in [0.29, 0.717) is 11.4 Å². The van der Waals surface area contributed by atoms with E-state index in [1.54, 1.807) is 25.3 Å². The second-order valence-electron chi connectivity index (χ2n) is 5.97. The number of nitrogens with one attached hydrogen (secondary N) is 1. The summed E-state index contributed by atoms with van der Waals surface area (Å²) >= 11 is 0. The van der Waals surface area contributed by atoms with Gasteiger partial charge in [-0.05, 0) is 38.1 Å². The molecule has 0 radical (unpaired) electrons. The first kappa shape index (κ1) is 18.2. The molecule has 1 N–H and O–H groups in total. The standard InChI is InChI=1S/C19H19N5O3/c1-12-9-13(2)21-19(20-12)22-17(25)11-24-18(26)8-7-16(23-24)14-5-4-6-15(10-14)27-3/h4-10H,11H2,1-3H3,(H,20,21,22,25). The smallest absolute Gasteiger partial charge is 0.267 e. The summed E-state index contributed by atoms with van der Waals surface area (Å²) in [6.07, 6.45) is 0. The number of aromatic nitrogens is 4. The van der Waals surface area contributed by atoms with Crippen molar-refractivity contribution in [2.45, 2.75) is 20.4 Å². The summed E-state index contributed by atoms with van der Waals surface area (Å²) in [5.41, 5.74) is 2.45. The van der Waals surface area contributed by atoms with E-state index in [2.05, 4.69) is 20.4 Å². The van der Waals surface area contributed by atoms with Crippen LogP contribution in [0.2, 0.25) is 0 Å². The number of anilines is 1. The SMILES string of the molecule is COc1cccc(-c2ccc(=O)n(CC(=O)Nc3nc(C)cc(C)n3)n2)c1. The average Bonchev–Trinajstić information content (AvgIpc) is 2.62. The van der Waals surface area contributed by atoms with Gasteiger partial charge in [0, 0.05) is 23.0 Å². The molecule has 0 saturated heterocycles. The van der Waals surface area contributed by atoms with Crippen LogP contribution in [0.25, 0.3) is 11.3 Å². The molecule has 0 aliphatic heterocycles. The third kappa shape index (κ3) is 4.55. The number of rotatable bonds is 5. The Bertz CT molecular complexity index is 1030. The Kier molecular flexibility index (Phi) is 5.25. The molecule has 0 fully saturated rings. The first-order valence-corrected chi connectivity index (χ1v) is 8.29. The van der Waals surface area contributed by atoms with Gasteiger partial charge in [0.2, 0.25) is 11.9 Å². The van der Waals surface area contributed by atoms with Crippen LogP contribution >= 0.6 is 0 Å². The highest BCUT2D eigenvalue weighted by Crippen LogP contribution is 2.21. The molecule has 2 aromatic heterocycles. The lowest BCUT2D eigenvalue weighted by molar-refractivity contribution is -0.117. The molecule has 27 heavy (non-hydrogen) atoms. The summed E-state index contributed by atoms with van der Waals surface area (Å²) in [6.45, 7) is 3.38. The van der Waals surface area contributed by atoms with Gasteiger partial charge in [0.05, 0.1) is 12.8 Å². The van der Waals surface area contributed by atoms with Gasteiger partial charge in [-0.2, -0.15) is 5.10 Å². The Labute approximate surface area is 155 Å². The van der Waals surface area contributed by atoms with Crippen LogP contribution in [0.3, 0.4) is 0 Å². The summed E-state index contributed by atoms with van der Waals surface area (Å²) < 4.78 is 6.31. The fourth-order valence-corrected chi connectivity index (χ4v) is 2.58. The van der Waals surface area contributed by atoms with E-state index in [1.165, 1.54) is 6.07 Å². The maximum atomic E-state index is 12.3. The first-order chi connectivity index (χ1) is 12.9. The molecule has 8 heteroatoms. The average molecular weight is 365 g/mol. The number of amides is 1. The van der Waals surface area contributed by atoms with Crippen LogP contribution in [-0.4, -0.2) is 32.8 Å². The molecule has 138 valence electrons. The molecule has 0 saturated carbocycles. The third-order valence-electron chi connectivity index (χ3n) is 3.76. The summed E-state index contributed by atoms with van der Waals surface area (Å²) in [6, 6.07) is 12.1. The third-order valence-corrected chi connectivity index (χ3v) is 3.76. The van der Waals surface area contributed by atoms with E-state index >= 15 is 0 Å². The molecule has 2 heterocycles. The number of nitrogens with zero attached hydrogens (tertiary/aromatic N) is 4. The van der Waals surface area contributed by atoms with Crippen LogP contribution in [0.4, 0.5) is 5.95 Å². The minimum absolute atomic E-state index is 0.203. The van der Waals surface area contributed by atoms with E-state index in [0.717, 1.165) is 21.6 Å². The van der Waals surface area contributed by atoms with E-state index in [1.807, 2.05) is 32.0 Å². The van der Waals surface area contributed by atoms with Crippen LogP contribution in [0.1, 0.15) is 11.4 Å². The van der Waals surface area contributed by atoms with E-state index < -0.39 is 5.91 Å². The second-order valence-corrected chi connectivity index (χ2v) is 5.97. The number of benzene rings is 1. The number of hydrogen-bond acceptors (Lipinski definition) is 6. The minimum Gasteiger partial charge on any atom is -0.497 e. The van der Waals surface area contributed by atoms with E-state index in [9.17, 15) is 9.59 Å². The van der Waals surface area contributed by atoms with Gasteiger partial charge in [-0.15, -0.1) is 0 Å². The number of carbonyl (C=O) groups excluding carboxylic acids is 1. The lowest BCUT2D eigenvalue weighted by Crippen LogP contribution is -2.29. The normalized spacial score (nSPS) is 10.5. The topological polar surface area (TPSA) is 99.0 Å². The Balaban J connectivity index is 1.82. The van der Waals surface area contributed by atoms with Crippen LogP contribution in [0, 0.1) is 13.8 Å². The largest absolute Gasteiger partial charge is 0.497 e. The lowest BCUT2D eigenvalue weighted by Gasteiger charge is -2.09. The van der Waals surface area contributed by atoms with Crippen molar-refractivity contribution in [3.05, 3.63) is 64.2 Å². The quantitative estimate of drug-likeness (QED) is 0.742. The number of carbonyl (C=O) groups is 1. The van der Waals surface area contributed by atoms with Gasteiger partial charge in [0.15, 0.2) is 0 Å². The lowest BCUT2D eigenvalue weighted by atomic mass is 10.1. The number of methoxy groups -OCH3 is 1. The van der Waals surface area contributed by atoms with Crippen LogP contribution in [0.15, 0.2) is 47.3 Å². The van der Waals surface area contributed by atoms with Crippen molar-refractivity contribution in [2.24, 2.45) is 0 Å². The zero-order valence-corrected chi connectivity index (χ0v) is 15.3. The highest BCUT2D eigenvalue weighted by molar-refractivity contribution is 5.88. The molecule has 3 rings (SSSR count). The molecule has 0 bridgehead atoms. The summed E-state index contributed by atoms with van der Waals surface area (Å²) in [4.78, 5) is 32.7. The maximum absolute atomic E-state index is 12.3. The van der Waals surface area contributed by atoms with Crippen molar-refractivity contribution in [3.63, 3.8) is 0 Å². The Morgan fingerprint density at radius 1 is 1.11 bits per heavy atom. The number of ether oxygens (including phenoxy) is 1. The molecule has 8 nitrogen and oxygen atoms in total. The van der Waals surface area contributed by atoms with Gasteiger partial charge < -0.3 is 4.74 Å². The van der Waals surface area contributed by atoms with Crippen molar-refractivity contribution < 1.29 is 9.53 Å². The first-order valence-electron chi connectivity index (χ1n) is 8.29. The molecule has 0 atom stereocenters. The predicted octanol–water partition coefficient (Wildman–Crippen LogP) is 1.96. The molecule has 0 aliphatic rings. The predicted molar refractivity (Wildman–Crippen MR) is 101 cm³/mol. The van der Waals surface area contributed by atoms with Gasteiger partial charge in [-0.1, -0.05) is 12.1 Å². The molecule has 0 unspecified atom stereocenters. The van der Waals surface area contributed by atoms with Gasteiger partial charge in [0.1, 0.15) is 12.3 Å². The molecule has 1 amide bonds. The Morgan fingerprint density at radius 3 is 2.56 bits per heavy atom. The molecule has 0 aliphatic carbocycles. The van der Waals surface area contributed by atoms with Crippen molar-refractivity contribution in [3.8, 4) is 17.0 Å². The van der Waals surface area contributed by atoms with Gasteiger partial charge in [-0.25, -0.2) is 14.6 Å². The Hall–Kier alpha value is -3.55. The second kappa shape index (κ2) is 7.77. The molecule has 0 spiro atoms. The van der Waals surface area contributed by atoms with Crippen molar-refractivity contribution in [1.29, 1.82) is 0 Å². The Morgan fingerprint density at radius 2 is 1.85 bits per heavy atom. The molecular formula is C19H19N5O3. The molecular weight excluding hydrogens is 346 g/mol. The fourth-order valence-electron chi connectivity index (χ4n) is 2.58. The van der Waals surface area contributed by atoms with Crippen LogP contribution < -0.4 is 15.6 Å². The zero-order valence-electron chi connectivity index (χ0n) is 15.3. The van der Waals surface area contributed by atoms with Crippen molar-refractivity contribution >= 4 is 11.9 Å². The molecule has 3 aromatic rings. The summed E-state index contributed by atoms with van der Waals surface area (Å²) in [5, 5.41) is 6.88. The fraction of sp³-hybridized carbons (Fsp3) is 0.211.